The summed E-state index contributed by atoms with van der Waals surface area (Å²) in [5.41, 5.74) is 5.33. The fourth-order valence-corrected chi connectivity index (χ4v) is 4.55. The van der Waals surface area contributed by atoms with Crippen LogP contribution in [0, 0.1) is 0 Å². The molecule has 0 spiro atoms. The number of oxime groups is 1. The molecular weight excluding hydrogens is 522 g/mol. The molecule has 206 valence electrons. The van der Waals surface area contributed by atoms with Gasteiger partial charge in [-0.2, -0.15) is 0 Å². The highest BCUT2D eigenvalue weighted by Gasteiger charge is 2.23. The van der Waals surface area contributed by atoms with Crippen molar-refractivity contribution < 1.29 is 23.5 Å². The molecule has 0 amide bonds. The van der Waals surface area contributed by atoms with Gasteiger partial charge >= 0.3 is 0 Å². The van der Waals surface area contributed by atoms with Gasteiger partial charge in [0.05, 0.1) is 32.4 Å². The third-order valence-electron chi connectivity index (χ3n) is 6.71. The molecule has 0 fully saturated rings. The minimum atomic E-state index is 0.0811. The van der Waals surface area contributed by atoms with Crippen LogP contribution in [0.4, 0.5) is 0 Å². The van der Waals surface area contributed by atoms with Gasteiger partial charge in [0.25, 0.3) is 0 Å². The van der Waals surface area contributed by atoms with E-state index in [1.54, 1.807) is 32.2 Å². The summed E-state index contributed by atoms with van der Waals surface area (Å²) in [5.74, 6) is 3.40. The van der Waals surface area contributed by atoms with Crippen molar-refractivity contribution in [2.75, 3.05) is 21.3 Å². The Hall–Kier alpha value is -5.38. The number of hydrogen-bond donors (Lipinski definition) is 0. The van der Waals surface area contributed by atoms with Crippen molar-refractivity contribution in [2.24, 2.45) is 5.16 Å². The SMILES string of the molecule is COc1ccc(C(C)=NOCc2nc3c4c(-c5ccc(OC)cc5)c(-c5ccc(OC)cc5)oc4ncn3n2)cc1. The van der Waals surface area contributed by atoms with Crippen LogP contribution in [0.3, 0.4) is 0 Å². The lowest BCUT2D eigenvalue weighted by Gasteiger charge is -2.06. The second kappa shape index (κ2) is 11.0. The molecule has 3 aromatic heterocycles. The first kappa shape index (κ1) is 25.9. The molecule has 0 saturated carbocycles. The summed E-state index contributed by atoms with van der Waals surface area (Å²) in [5, 5.41) is 9.56. The van der Waals surface area contributed by atoms with Gasteiger partial charge in [0.1, 0.15) is 29.3 Å². The number of hydrogen-bond acceptors (Lipinski definition) is 9. The first-order chi connectivity index (χ1) is 20.1. The van der Waals surface area contributed by atoms with Crippen molar-refractivity contribution in [3.05, 3.63) is 90.5 Å². The number of nitrogens with zero attached hydrogens (tertiary/aromatic N) is 5. The predicted molar refractivity (Wildman–Crippen MR) is 155 cm³/mol. The van der Waals surface area contributed by atoms with E-state index in [2.05, 4.69) is 15.2 Å². The van der Waals surface area contributed by atoms with Gasteiger partial charge in [-0.3, -0.25) is 0 Å². The molecule has 41 heavy (non-hydrogen) atoms. The Balaban J connectivity index is 1.39. The number of rotatable bonds is 9. The van der Waals surface area contributed by atoms with Gasteiger partial charge in [0.15, 0.2) is 18.1 Å². The van der Waals surface area contributed by atoms with Crippen molar-refractivity contribution in [3.8, 4) is 39.7 Å². The van der Waals surface area contributed by atoms with E-state index >= 15 is 0 Å². The van der Waals surface area contributed by atoms with Gasteiger partial charge in [-0.25, -0.2) is 14.5 Å². The predicted octanol–water partition coefficient (Wildman–Crippen LogP) is 6.17. The quantitative estimate of drug-likeness (QED) is 0.156. The van der Waals surface area contributed by atoms with E-state index in [0.29, 0.717) is 22.9 Å². The molecule has 0 atom stereocenters. The van der Waals surface area contributed by atoms with Crippen LogP contribution in [0.25, 0.3) is 39.2 Å². The van der Waals surface area contributed by atoms with E-state index in [1.165, 1.54) is 0 Å². The standard InChI is InChI=1S/C31H27N5O5/c1-19(20-5-11-23(37-2)12-6-20)35-40-17-26-33-30-28-27(21-7-13-24(38-3)14-8-21)29(22-9-15-25(39-4)16-10-22)41-31(28)32-18-36(30)34-26/h5-16,18H,17H2,1-4H3. The molecular formula is C31H27N5O5. The number of fused-ring (bicyclic) bond motifs is 3. The maximum atomic E-state index is 6.34. The van der Waals surface area contributed by atoms with Gasteiger partial charge in [-0.1, -0.05) is 17.3 Å². The van der Waals surface area contributed by atoms with Crippen LogP contribution in [0.5, 0.6) is 17.2 Å². The largest absolute Gasteiger partial charge is 0.497 e. The van der Waals surface area contributed by atoms with Crippen molar-refractivity contribution in [3.63, 3.8) is 0 Å². The van der Waals surface area contributed by atoms with E-state index in [4.69, 9.17) is 28.4 Å². The highest BCUT2D eigenvalue weighted by atomic mass is 16.6. The van der Waals surface area contributed by atoms with Crippen molar-refractivity contribution in [1.82, 2.24) is 19.6 Å². The first-order valence-electron chi connectivity index (χ1n) is 12.8. The molecule has 0 aliphatic heterocycles. The molecule has 3 heterocycles. The number of furan rings is 1. The Morgan fingerprint density at radius 2 is 1.39 bits per heavy atom. The highest BCUT2D eigenvalue weighted by Crippen LogP contribution is 2.42. The van der Waals surface area contributed by atoms with Gasteiger partial charge in [0, 0.05) is 11.1 Å². The zero-order valence-corrected chi connectivity index (χ0v) is 23.0. The minimum Gasteiger partial charge on any atom is -0.497 e. The van der Waals surface area contributed by atoms with Crippen LogP contribution in [0.15, 0.2) is 88.7 Å². The average molecular weight is 550 g/mol. The lowest BCUT2D eigenvalue weighted by Crippen LogP contribution is -1.98. The summed E-state index contributed by atoms with van der Waals surface area (Å²) in [4.78, 5) is 15.0. The van der Waals surface area contributed by atoms with Crippen LogP contribution in [0.1, 0.15) is 18.3 Å². The van der Waals surface area contributed by atoms with Crippen molar-refractivity contribution in [1.29, 1.82) is 0 Å². The molecule has 6 aromatic rings. The van der Waals surface area contributed by atoms with Gasteiger partial charge < -0.3 is 23.5 Å². The Labute approximate surface area is 235 Å². The Bertz CT molecular complexity index is 1840. The fourth-order valence-electron chi connectivity index (χ4n) is 4.55. The summed E-state index contributed by atoms with van der Waals surface area (Å²) in [6.07, 6.45) is 1.58. The average Bonchev–Trinajstić information content (AvgIpc) is 3.62. The third-order valence-corrected chi connectivity index (χ3v) is 6.71. The monoisotopic (exact) mass is 549 g/mol. The number of aromatic nitrogens is 4. The lowest BCUT2D eigenvalue weighted by molar-refractivity contribution is 0.125. The Kier molecular flexibility index (Phi) is 6.95. The number of ether oxygens (including phenoxy) is 3. The van der Waals surface area contributed by atoms with Crippen LogP contribution >= 0.6 is 0 Å². The molecule has 0 aliphatic rings. The molecule has 10 nitrogen and oxygen atoms in total. The van der Waals surface area contributed by atoms with Crippen LogP contribution in [-0.4, -0.2) is 46.6 Å². The summed E-state index contributed by atoms with van der Waals surface area (Å²) in [7, 11) is 4.91. The highest BCUT2D eigenvalue weighted by molar-refractivity contribution is 6.07. The Morgan fingerprint density at radius 1 is 0.805 bits per heavy atom. The second-order valence-electron chi connectivity index (χ2n) is 9.16. The molecule has 0 bridgehead atoms. The molecule has 0 saturated heterocycles. The van der Waals surface area contributed by atoms with E-state index in [9.17, 15) is 0 Å². The Morgan fingerprint density at radius 3 is 2.00 bits per heavy atom. The van der Waals surface area contributed by atoms with Crippen LogP contribution in [-0.2, 0) is 11.4 Å². The second-order valence-corrected chi connectivity index (χ2v) is 9.16. The lowest BCUT2D eigenvalue weighted by atomic mass is 9.99. The number of methoxy groups -OCH3 is 3. The normalized spacial score (nSPS) is 11.7. The molecule has 0 unspecified atom stereocenters. The van der Waals surface area contributed by atoms with Crippen molar-refractivity contribution >= 4 is 22.5 Å². The van der Waals surface area contributed by atoms with Gasteiger partial charge in [-0.15, -0.1) is 5.10 Å². The molecule has 0 aliphatic carbocycles. The molecule has 0 radical (unpaired) electrons. The van der Waals surface area contributed by atoms with Crippen molar-refractivity contribution in [2.45, 2.75) is 13.5 Å². The summed E-state index contributed by atoms with van der Waals surface area (Å²) in [6, 6.07) is 23.1. The van der Waals surface area contributed by atoms with Crippen LogP contribution < -0.4 is 14.2 Å². The fraction of sp³-hybridized carbons (Fsp3) is 0.161. The smallest absolute Gasteiger partial charge is 0.232 e. The summed E-state index contributed by atoms with van der Waals surface area (Å²) >= 11 is 0. The van der Waals surface area contributed by atoms with E-state index < -0.39 is 0 Å². The molecule has 6 rings (SSSR count). The molecule has 10 heteroatoms. The minimum absolute atomic E-state index is 0.0811. The molecule has 3 aromatic carbocycles. The maximum Gasteiger partial charge on any atom is 0.232 e. The zero-order valence-electron chi connectivity index (χ0n) is 23.0. The van der Waals surface area contributed by atoms with E-state index in [1.807, 2.05) is 79.7 Å². The van der Waals surface area contributed by atoms with E-state index in [0.717, 1.165) is 50.6 Å². The first-order valence-corrected chi connectivity index (χ1v) is 12.8. The van der Waals surface area contributed by atoms with E-state index in [-0.39, 0.29) is 6.61 Å². The van der Waals surface area contributed by atoms with Gasteiger partial charge in [0.2, 0.25) is 5.71 Å². The topological polar surface area (TPSA) is 106 Å². The molecule has 0 N–H and O–H groups in total. The maximum absolute atomic E-state index is 6.34. The zero-order chi connectivity index (χ0) is 28.3. The van der Waals surface area contributed by atoms with Gasteiger partial charge in [-0.05, 0) is 78.7 Å². The third kappa shape index (κ3) is 5.03. The van der Waals surface area contributed by atoms with Crippen LogP contribution in [0.2, 0.25) is 0 Å². The summed E-state index contributed by atoms with van der Waals surface area (Å²) < 4.78 is 23.9. The number of benzene rings is 3. The summed E-state index contributed by atoms with van der Waals surface area (Å²) in [6.45, 7) is 1.96.